The van der Waals surface area contributed by atoms with Crippen LogP contribution in [0.4, 0.5) is 17.6 Å². The zero-order chi connectivity index (χ0) is 27.6. The van der Waals surface area contributed by atoms with Crippen LogP contribution in [0.1, 0.15) is 39.9 Å². The Bertz CT molecular complexity index is 1480. The number of para-hydroxylation sites is 1. The van der Waals surface area contributed by atoms with Gasteiger partial charge in [0.1, 0.15) is 12.4 Å². The summed E-state index contributed by atoms with van der Waals surface area (Å²) in [5, 5.41) is 1.02. The van der Waals surface area contributed by atoms with E-state index in [2.05, 4.69) is 4.98 Å². The smallest absolute Gasteiger partial charge is 0.361 e. The van der Waals surface area contributed by atoms with Crippen molar-refractivity contribution in [1.29, 1.82) is 0 Å². The van der Waals surface area contributed by atoms with Crippen LogP contribution in [-0.2, 0) is 23.9 Å². The largest absolute Gasteiger partial charge is 0.416 e. The minimum Gasteiger partial charge on any atom is -0.361 e. The molecule has 0 spiro atoms. The first-order valence-corrected chi connectivity index (χ1v) is 12.7. The van der Waals surface area contributed by atoms with Gasteiger partial charge in [0.05, 0.1) is 11.1 Å². The highest BCUT2D eigenvalue weighted by Gasteiger charge is 2.36. The molecule has 1 aliphatic rings. The zero-order valence-corrected chi connectivity index (χ0v) is 21.0. The second-order valence-corrected chi connectivity index (χ2v) is 9.76. The van der Waals surface area contributed by atoms with Crippen LogP contribution in [0.3, 0.4) is 0 Å². The van der Waals surface area contributed by atoms with Crippen molar-refractivity contribution >= 4 is 22.7 Å². The normalized spacial score (nSPS) is 13.4. The first-order valence-electron chi connectivity index (χ1n) is 12.7. The molecule has 1 aliphatic carbocycles. The lowest BCUT2D eigenvalue weighted by molar-refractivity contribution is -0.137. The minimum atomic E-state index is -4.46. The van der Waals surface area contributed by atoms with Crippen LogP contribution in [0.25, 0.3) is 10.9 Å². The summed E-state index contributed by atoms with van der Waals surface area (Å²) in [6.07, 6.45) is -0.630. The predicted molar refractivity (Wildman–Crippen MR) is 139 cm³/mol. The van der Waals surface area contributed by atoms with Crippen LogP contribution in [0.2, 0.25) is 0 Å². The summed E-state index contributed by atoms with van der Waals surface area (Å²) < 4.78 is 53.5. The summed E-state index contributed by atoms with van der Waals surface area (Å²) >= 11 is 0. The number of rotatable bonds is 9. The topological polar surface area (TPSA) is 56.4 Å². The Labute approximate surface area is 223 Å². The fraction of sp³-hybridized carbons (Fsp3) is 0.267. The Morgan fingerprint density at radius 1 is 0.923 bits per heavy atom. The predicted octanol–water partition coefficient (Wildman–Crippen LogP) is 6.20. The number of amides is 2. The first kappa shape index (κ1) is 26.5. The van der Waals surface area contributed by atoms with Gasteiger partial charge in [-0.3, -0.25) is 9.59 Å². The first-order chi connectivity index (χ1) is 18.7. The molecule has 2 amide bonds. The second-order valence-electron chi connectivity index (χ2n) is 9.76. The molecule has 0 saturated heterocycles. The maximum atomic E-state index is 14.4. The highest BCUT2D eigenvalue weighted by molar-refractivity contribution is 5.97. The van der Waals surface area contributed by atoms with Gasteiger partial charge in [-0.2, -0.15) is 13.2 Å². The number of hydrogen-bond donors (Lipinski definition) is 1. The number of carbonyl (C=O) groups is 2. The van der Waals surface area contributed by atoms with Gasteiger partial charge >= 0.3 is 6.18 Å². The number of nitrogens with zero attached hydrogens (tertiary/aromatic N) is 2. The Morgan fingerprint density at radius 3 is 2.31 bits per heavy atom. The Balaban J connectivity index is 1.37. The van der Waals surface area contributed by atoms with Crippen molar-refractivity contribution in [2.75, 3.05) is 13.1 Å². The molecule has 3 aromatic carbocycles. The van der Waals surface area contributed by atoms with Crippen LogP contribution < -0.4 is 0 Å². The average molecular weight is 538 g/mol. The number of alkyl halides is 3. The maximum Gasteiger partial charge on any atom is 0.416 e. The third-order valence-corrected chi connectivity index (χ3v) is 6.99. The summed E-state index contributed by atoms with van der Waals surface area (Å²) in [5.41, 5.74) is 1.64. The Hall–Kier alpha value is -4.14. The quantitative estimate of drug-likeness (QED) is 0.259. The van der Waals surface area contributed by atoms with Crippen LogP contribution in [0, 0.1) is 5.82 Å². The molecule has 0 atom stereocenters. The molecule has 5 nitrogen and oxygen atoms in total. The molecule has 0 unspecified atom stereocenters. The van der Waals surface area contributed by atoms with Crippen molar-refractivity contribution < 1.29 is 27.2 Å². The molecule has 1 aromatic heterocycles. The van der Waals surface area contributed by atoms with E-state index in [1.807, 2.05) is 30.5 Å². The van der Waals surface area contributed by atoms with E-state index >= 15 is 0 Å². The summed E-state index contributed by atoms with van der Waals surface area (Å²) in [4.78, 5) is 33.0. The van der Waals surface area contributed by atoms with Gasteiger partial charge in [-0.1, -0.05) is 42.5 Å². The second kappa shape index (κ2) is 10.9. The van der Waals surface area contributed by atoms with Gasteiger partial charge < -0.3 is 14.8 Å². The number of carbonyl (C=O) groups excluding carboxylic acids is 2. The molecule has 0 bridgehead atoms. The van der Waals surface area contributed by atoms with Gasteiger partial charge in [-0.05, 0) is 60.7 Å². The molecule has 1 N–H and O–H groups in total. The van der Waals surface area contributed by atoms with Gasteiger partial charge in [0.15, 0.2) is 0 Å². The number of benzene rings is 3. The highest BCUT2D eigenvalue weighted by Crippen LogP contribution is 2.30. The Kier molecular flexibility index (Phi) is 7.41. The van der Waals surface area contributed by atoms with Crippen LogP contribution in [0.15, 0.2) is 79.0 Å². The monoisotopic (exact) mass is 537 g/mol. The van der Waals surface area contributed by atoms with Gasteiger partial charge in [0.25, 0.3) is 5.91 Å². The molecule has 1 fully saturated rings. The highest BCUT2D eigenvalue weighted by atomic mass is 19.4. The number of hydrogen-bond acceptors (Lipinski definition) is 2. The van der Waals surface area contributed by atoms with Crippen molar-refractivity contribution in [2.24, 2.45) is 0 Å². The molecular weight excluding hydrogens is 510 g/mol. The molecular formula is C30H27F4N3O2. The zero-order valence-electron chi connectivity index (χ0n) is 21.0. The van der Waals surface area contributed by atoms with Gasteiger partial charge in [-0.25, -0.2) is 4.39 Å². The van der Waals surface area contributed by atoms with E-state index in [0.717, 1.165) is 41.4 Å². The summed E-state index contributed by atoms with van der Waals surface area (Å²) in [6.45, 7) is 0.117. The number of aromatic nitrogens is 1. The fourth-order valence-electron chi connectivity index (χ4n) is 4.69. The molecule has 39 heavy (non-hydrogen) atoms. The lowest BCUT2D eigenvalue weighted by atomic mass is 10.1. The lowest BCUT2D eigenvalue weighted by Gasteiger charge is -2.28. The van der Waals surface area contributed by atoms with Crippen LogP contribution >= 0.6 is 0 Å². The van der Waals surface area contributed by atoms with E-state index in [4.69, 9.17) is 0 Å². The summed E-state index contributed by atoms with van der Waals surface area (Å²) in [5.74, 6) is -1.55. The maximum absolute atomic E-state index is 14.4. The molecule has 0 aliphatic heterocycles. The molecule has 9 heteroatoms. The van der Waals surface area contributed by atoms with E-state index in [1.165, 1.54) is 35.2 Å². The fourth-order valence-corrected chi connectivity index (χ4v) is 4.69. The number of nitrogens with one attached hydrogen (secondary N) is 1. The van der Waals surface area contributed by atoms with Crippen molar-refractivity contribution in [1.82, 2.24) is 14.8 Å². The summed E-state index contributed by atoms with van der Waals surface area (Å²) in [6, 6.07) is 18.0. The van der Waals surface area contributed by atoms with Gasteiger partial charge in [0.2, 0.25) is 5.91 Å². The van der Waals surface area contributed by atoms with Crippen molar-refractivity contribution in [2.45, 2.75) is 38.0 Å². The van der Waals surface area contributed by atoms with Gasteiger partial charge in [0, 0.05) is 36.2 Å². The van der Waals surface area contributed by atoms with E-state index in [-0.39, 0.29) is 37.1 Å². The minimum absolute atomic E-state index is 0.0751. The van der Waals surface area contributed by atoms with E-state index < -0.39 is 23.5 Å². The molecule has 5 rings (SSSR count). The van der Waals surface area contributed by atoms with E-state index in [1.54, 1.807) is 11.0 Å². The number of fused-ring (bicyclic) bond motifs is 1. The number of halogens is 4. The van der Waals surface area contributed by atoms with Gasteiger partial charge in [-0.15, -0.1) is 0 Å². The molecule has 0 radical (unpaired) electrons. The molecule has 1 saturated carbocycles. The third kappa shape index (κ3) is 6.13. The number of aromatic amines is 1. The molecule has 202 valence electrons. The van der Waals surface area contributed by atoms with Crippen molar-refractivity contribution in [3.8, 4) is 0 Å². The van der Waals surface area contributed by atoms with Crippen molar-refractivity contribution in [3.05, 3.63) is 107 Å². The third-order valence-electron chi connectivity index (χ3n) is 6.99. The van der Waals surface area contributed by atoms with Crippen LogP contribution in [0.5, 0.6) is 0 Å². The van der Waals surface area contributed by atoms with E-state index in [9.17, 15) is 27.2 Å². The molecule has 4 aromatic rings. The number of H-pyrrole nitrogens is 1. The summed E-state index contributed by atoms with van der Waals surface area (Å²) in [7, 11) is 0. The molecule has 1 heterocycles. The SMILES string of the molecule is O=C(CN(C(=O)c1ccccc1F)C1CC1)N(CCc1c[nH]c2ccccc12)Cc1ccc(C(F)(F)F)cc1. The van der Waals surface area contributed by atoms with Crippen LogP contribution in [-0.4, -0.2) is 45.7 Å². The van der Waals surface area contributed by atoms with E-state index in [0.29, 0.717) is 12.0 Å². The standard InChI is InChI=1S/C30H27F4N3O2/c31-26-7-3-1-6-25(26)29(39)37(23-13-14-23)19-28(38)36(18-20-9-11-22(12-10-20)30(32,33)34)16-15-21-17-35-27-8-4-2-5-24(21)27/h1-12,17,23,35H,13-16,18-19H2. The lowest BCUT2D eigenvalue weighted by Crippen LogP contribution is -2.44. The van der Waals surface area contributed by atoms with Crippen molar-refractivity contribution in [3.63, 3.8) is 0 Å². The average Bonchev–Trinajstić information content (AvgIpc) is 3.68. The Morgan fingerprint density at radius 2 is 1.62 bits per heavy atom.